The average Bonchev–Trinajstić information content (AvgIpc) is 3.91. The van der Waals surface area contributed by atoms with Crippen molar-refractivity contribution in [1.29, 1.82) is 0 Å². The Hall–Kier alpha value is -8.40. The fraction of sp³-hybridized carbons (Fsp3) is 0. The zero-order valence-electron chi connectivity index (χ0n) is 34.4. The van der Waals surface area contributed by atoms with Gasteiger partial charge in [-0.05, 0) is 82.4 Å². The molecule has 2 aromatic heterocycles. The SMILES string of the molecule is c1ccc(-c2ccc(-c3ccc(N(c4ccccc4-c4ccccc4)c4ccccc4-c4cccc5oc6ccccc6c45)cc3)c(-n3c4ccccc4c4ccccc43)c2)cc1. The first-order valence-electron chi connectivity index (χ1n) is 21.5. The number of benzene rings is 10. The van der Waals surface area contributed by atoms with Crippen LogP contribution in [0, 0.1) is 0 Å². The third kappa shape index (κ3) is 6.21. The smallest absolute Gasteiger partial charge is 0.136 e. The van der Waals surface area contributed by atoms with Gasteiger partial charge in [0.2, 0.25) is 0 Å². The van der Waals surface area contributed by atoms with Crippen LogP contribution < -0.4 is 4.90 Å². The fourth-order valence-corrected chi connectivity index (χ4v) is 9.58. The van der Waals surface area contributed by atoms with Gasteiger partial charge in [0.1, 0.15) is 11.2 Å². The number of aromatic nitrogens is 1. The van der Waals surface area contributed by atoms with Crippen molar-refractivity contribution in [3.05, 3.63) is 243 Å². The highest BCUT2D eigenvalue weighted by atomic mass is 16.3. The molecule has 0 aliphatic heterocycles. The van der Waals surface area contributed by atoms with Crippen LogP contribution >= 0.6 is 0 Å². The second-order valence-electron chi connectivity index (χ2n) is 16.0. The highest BCUT2D eigenvalue weighted by Crippen LogP contribution is 2.48. The highest BCUT2D eigenvalue weighted by molar-refractivity contribution is 6.14. The summed E-state index contributed by atoms with van der Waals surface area (Å²) in [5.74, 6) is 0. The van der Waals surface area contributed by atoms with E-state index >= 15 is 0 Å². The Morgan fingerprint density at radius 1 is 0.317 bits per heavy atom. The van der Waals surface area contributed by atoms with Crippen LogP contribution in [-0.4, -0.2) is 4.57 Å². The van der Waals surface area contributed by atoms with Gasteiger partial charge in [-0.2, -0.15) is 0 Å². The van der Waals surface area contributed by atoms with E-state index in [0.717, 1.165) is 78.1 Å². The lowest BCUT2D eigenvalue weighted by Crippen LogP contribution is -2.12. The molecule has 0 atom stereocenters. The van der Waals surface area contributed by atoms with E-state index in [1.54, 1.807) is 0 Å². The topological polar surface area (TPSA) is 21.3 Å². The van der Waals surface area contributed by atoms with E-state index < -0.39 is 0 Å². The second kappa shape index (κ2) is 15.3. The van der Waals surface area contributed by atoms with Crippen molar-refractivity contribution in [3.8, 4) is 50.2 Å². The quantitative estimate of drug-likeness (QED) is 0.153. The Labute approximate surface area is 366 Å². The zero-order valence-corrected chi connectivity index (χ0v) is 34.4. The van der Waals surface area contributed by atoms with Gasteiger partial charge in [-0.1, -0.05) is 188 Å². The molecule has 296 valence electrons. The van der Waals surface area contributed by atoms with Crippen molar-refractivity contribution >= 4 is 60.8 Å². The van der Waals surface area contributed by atoms with Crippen LogP contribution in [0.1, 0.15) is 0 Å². The summed E-state index contributed by atoms with van der Waals surface area (Å²) in [6.07, 6.45) is 0. The van der Waals surface area contributed by atoms with Crippen LogP contribution in [0.25, 0.3) is 93.9 Å². The second-order valence-corrected chi connectivity index (χ2v) is 16.0. The van der Waals surface area contributed by atoms with Crippen LogP contribution in [0.15, 0.2) is 247 Å². The van der Waals surface area contributed by atoms with Crippen molar-refractivity contribution < 1.29 is 4.42 Å². The average molecular weight is 805 g/mol. The van der Waals surface area contributed by atoms with Gasteiger partial charge in [0.25, 0.3) is 0 Å². The van der Waals surface area contributed by atoms with E-state index in [0.29, 0.717) is 0 Å². The van der Waals surface area contributed by atoms with Crippen LogP contribution in [0.2, 0.25) is 0 Å². The van der Waals surface area contributed by atoms with Gasteiger partial charge in [-0.3, -0.25) is 0 Å². The monoisotopic (exact) mass is 804 g/mol. The lowest BCUT2D eigenvalue weighted by Gasteiger charge is -2.30. The summed E-state index contributed by atoms with van der Waals surface area (Å²) in [5.41, 5.74) is 17.7. The number of hydrogen-bond acceptors (Lipinski definition) is 2. The molecule has 0 saturated carbocycles. The minimum atomic E-state index is 0.876. The van der Waals surface area contributed by atoms with E-state index in [1.165, 1.54) is 32.9 Å². The zero-order chi connectivity index (χ0) is 41.7. The first-order valence-corrected chi connectivity index (χ1v) is 21.5. The van der Waals surface area contributed by atoms with Crippen molar-refractivity contribution in [2.24, 2.45) is 0 Å². The predicted molar refractivity (Wildman–Crippen MR) is 264 cm³/mol. The normalized spacial score (nSPS) is 11.5. The summed E-state index contributed by atoms with van der Waals surface area (Å²) in [6.45, 7) is 0. The van der Waals surface area contributed by atoms with Crippen LogP contribution in [0.3, 0.4) is 0 Å². The van der Waals surface area contributed by atoms with Crippen LogP contribution in [0.4, 0.5) is 17.1 Å². The molecule has 0 unspecified atom stereocenters. The number of rotatable bonds is 8. The molecule has 0 amide bonds. The maximum absolute atomic E-state index is 6.42. The lowest BCUT2D eigenvalue weighted by atomic mass is 9.95. The molecule has 2 heterocycles. The molecular weight excluding hydrogens is 765 g/mol. The van der Waals surface area contributed by atoms with Crippen molar-refractivity contribution in [2.75, 3.05) is 4.90 Å². The molecule has 10 aromatic carbocycles. The standard InChI is InChI=1S/C60H40N2O/c1-3-18-41(19-4-1)44-36-39-47(57(40-44)62-55-30-14-8-23-48(55)49-24-9-15-31-56(49)62)43-34-37-45(38-35-43)61(53-28-12-7-22-46(53)42-20-5-2-6-21-42)54-29-13-10-25-50(54)51-27-17-33-59-60(51)52-26-11-16-32-58(52)63-59/h1-40H. The molecule has 63 heavy (non-hydrogen) atoms. The third-order valence-electron chi connectivity index (χ3n) is 12.4. The van der Waals surface area contributed by atoms with Crippen LogP contribution in [-0.2, 0) is 0 Å². The number of para-hydroxylation sites is 5. The molecule has 0 fully saturated rings. The molecule has 3 nitrogen and oxygen atoms in total. The van der Waals surface area contributed by atoms with Gasteiger partial charge >= 0.3 is 0 Å². The van der Waals surface area contributed by atoms with Gasteiger partial charge in [0.15, 0.2) is 0 Å². The molecule has 12 rings (SSSR count). The van der Waals surface area contributed by atoms with Crippen molar-refractivity contribution in [2.45, 2.75) is 0 Å². The Bertz CT molecular complexity index is 3570. The molecule has 0 aliphatic rings. The van der Waals surface area contributed by atoms with Crippen molar-refractivity contribution in [3.63, 3.8) is 0 Å². The third-order valence-corrected chi connectivity index (χ3v) is 12.4. The Balaban J connectivity index is 1.07. The summed E-state index contributed by atoms with van der Waals surface area (Å²) in [5, 5.41) is 4.70. The van der Waals surface area contributed by atoms with Crippen LogP contribution in [0.5, 0.6) is 0 Å². The molecule has 0 radical (unpaired) electrons. The number of anilines is 3. The first-order chi connectivity index (χ1) is 31.3. The Morgan fingerprint density at radius 2 is 0.825 bits per heavy atom. The van der Waals surface area contributed by atoms with E-state index in [2.05, 4.69) is 246 Å². The number of fused-ring (bicyclic) bond motifs is 6. The minimum Gasteiger partial charge on any atom is -0.456 e. The fourth-order valence-electron chi connectivity index (χ4n) is 9.58. The summed E-state index contributed by atoms with van der Waals surface area (Å²) in [6, 6.07) is 87.2. The van der Waals surface area contributed by atoms with Gasteiger partial charge in [-0.25, -0.2) is 0 Å². The Kier molecular flexibility index (Phi) is 8.83. The van der Waals surface area contributed by atoms with Gasteiger partial charge in [-0.15, -0.1) is 0 Å². The summed E-state index contributed by atoms with van der Waals surface area (Å²) >= 11 is 0. The molecule has 0 bridgehead atoms. The summed E-state index contributed by atoms with van der Waals surface area (Å²) < 4.78 is 8.86. The maximum atomic E-state index is 6.42. The maximum Gasteiger partial charge on any atom is 0.136 e. The lowest BCUT2D eigenvalue weighted by molar-refractivity contribution is 0.669. The van der Waals surface area contributed by atoms with E-state index in [-0.39, 0.29) is 0 Å². The minimum absolute atomic E-state index is 0.876. The van der Waals surface area contributed by atoms with Gasteiger partial charge < -0.3 is 13.9 Å². The Morgan fingerprint density at radius 3 is 1.54 bits per heavy atom. The molecular formula is C60H40N2O. The molecule has 0 saturated heterocycles. The molecule has 3 heteroatoms. The van der Waals surface area contributed by atoms with Gasteiger partial charge in [0.05, 0.1) is 28.1 Å². The van der Waals surface area contributed by atoms with E-state index in [9.17, 15) is 0 Å². The largest absolute Gasteiger partial charge is 0.456 e. The molecule has 0 N–H and O–H groups in total. The molecule has 0 aliphatic carbocycles. The molecule has 0 spiro atoms. The number of furan rings is 1. The van der Waals surface area contributed by atoms with Gasteiger partial charge in [0, 0.05) is 43.9 Å². The summed E-state index contributed by atoms with van der Waals surface area (Å²) in [7, 11) is 0. The van der Waals surface area contributed by atoms with E-state index in [4.69, 9.17) is 4.42 Å². The highest BCUT2D eigenvalue weighted by Gasteiger charge is 2.23. The molecule has 12 aromatic rings. The van der Waals surface area contributed by atoms with Crippen molar-refractivity contribution in [1.82, 2.24) is 4.57 Å². The number of nitrogens with zero attached hydrogens (tertiary/aromatic N) is 2. The number of hydrogen-bond donors (Lipinski definition) is 0. The predicted octanol–water partition coefficient (Wildman–Crippen LogP) is 16.8. The summed E-state index contributed by atoms with van der Waals surface area (Å²) in [4.78, 5) is 2.43. The first kappa shape index (κ1) is 36.5. The van der Waals surface area contributed by atoms with E-state index in [1.807, 2.05) is 6.07 Å².